The number of alkyl halides is 3. The summed E-state index contributed by atoms with van der Waals surface area (Å²) in [6.07, 6.45) is -2.26. The van der Waals surface area contributed by atoms with Crippen LogP contribution in [0.3, 0.4) is 0 Å². The molecule has 1 aliphatic rings. The lowest BCUT2D eigenvalue weighted by Crippen LogP contribution is -2.38. The summed E-state index contributed by atoms with van der Waals surface area (Å²) in [4.78, 5) is 0. The number of hydrogen-bond acceptors (Lipinski definition) is 3. The van der Waals surface area contributed by atoms with Crippen LogP contribution in [0.2, 0.25) is 0 Å². The van der Waals surface area contributed by atoms with Gasteiger partial charge >= 0.3 is 6.18 Å². The Hall–Kier alpha value is -1.74. The third-order valence-corrected chi connectivity index (χ3v) is 3.89. The molecule has 0 radical (unpaired) electrons. The molecule has 0 amide bonds. The Balaban J connectivity index is 2.14. The van der Waals surface area contributed by atoms with Gasteiger partial charge in [-0.2, -0.15) is 18.4 Å². The van der Waals surface area contributed by atoms with Crippen LogP contribution in [0.4, 0.5) is 18.9 Å². The molecule has 2 unspecified atom stereocenters. The fraction of sp³-hybridized carbons (Fsp3) is 0.533. The lowest BCUT2D eigenvalue weighted by atomic mass is 9.92. The fourth-order valence-electron chi connectivity index (χ4n) is 2.61. The van der Waals surface area contributed by atoms with E-state index in [4.69, 9.17) is 5.26 Å². The van der Waals surface area contributed by atoms with Gasteiger partial charge < -0.3 is 10.6 Å². The Morgan fingerprint density at radius 1 is 1.43 bits per heavy atom. The first kappa shape index (κ1) is 15.6. The molecular formula is C15H18F3N3. The standard InChI is InChI=1S/C15H18F3N3/c1-10(11-3-2-6-20-9-11)21-14-5-4-13(15(16,17)18)7-12(14)8-19/h4-5,7,10-11,20-21H,2-3,6,9H2,1H3. The van der Waals surface area contributed by atoms with E-state index in [9.17, 15) is 13.2 Å². The number of benzene rings is 1. The monoisotopic (exact) mass is 297 g/mol. The highest BCUT2D eigenvalue weighted by Gasteiger charge is 2.31. The van der Waals surface area contributed by atoms with Crippen LogP contribution in [0.15, 0.2) is 18.2 Å². The van der Waals surface area contributed by atoms with Crippen molar-refractivity contribution in [3.05, 3.63) is 29.3 Å². The maximum absolute atomic E-state index is 12.7. The fourth-order valence-corrected chi connectivity index (χ4v) is 2.61. The van der Waals surface area contributed by atoms with Crippen LogP contribution >= 0.6 is 0 Å². The molecule has 1 heterocycles. The van der Waals surface area contributed by atoms with Gasteiger partial charge in [0.1, 0.15) is 6.07 Å². The lowest BCUT2D eigenvalue weighted by Gasteiger charge is -2.30. The number of anilines is 1. The van der Waals surface area contributed by atoms with Gasteiger partial charge in [-0.15, -0.1) is 0 Å². The molecule has 1 saturated heterocycles. The first-order chi connectivity index (χ1) is 9.91. The van der Waals surface area contributed by atoms with E-state index in [-0.39, 0.29) is 11.6 Å². The van der Waals surface area contributed by atoms with Gasteiger partial charge in [0.2, 0.25) is 0 Å². The first-order valence-electron chi connectivity index (χ1n) is 7.00. The Kier molecular flexibility index (Phi) is 4.73. The van der Waals surface area contributed by atoms with Crippen LogP contribution in [0.5, 0.6) is 0 Å². The van der Waals surface area contributed by atoms with Crippen molar-refractivity contribution in [3.8, 4) is 6.07 Å². The van der Waals surface area contributed by atoms with E-state index in [1.807, 2.05) is 13.0 Å². The quantitative estimate of drug-likeness (QED) is 0.899. The Morgan fingerprint density at radius 3 is 2.76 bits per heavy atom. The second kappa shape index (κ2) is 6.35. The predicted molar refractivity (Wildman–Crippen MR) is 74.8 cm³/mol. The zero-order valence-corrected chi connectivity index (χ0v) is 11.8. The summed E-state index contributed by atoms with van der Waals surface area (Å²) in [7, 11) is 0. The summed E-state index contributed by atoms with van der Waals surface area (Å²) in [5.74, 6) is 0.410. The van der Waals surface area contributed by atoms with Gasteiger partial charge in [0.15, 0.2) is 0 Å². The molecule has 1 aliphatic heterocycles. The minimum atomic E-state index is -4.43. The third kappa shape index (κ3) is 3.88. The molecule has 0 saturated carbocycles. The van der Waals surface area contributed by atoms with E-state index in [1.165, 1.54) is 6.07 Å². The minimum absolute atomic E-state index is 0.0282. The number of nitrogens with one attached hydrogen (secondary N) is 2. The van der Waals surface area contributed by atoms with Crippen molar-refractivity contribution in [2.24, 2.45) is 5.92 Å². The van der Waals surface area contributed by atoms with Crippen molar-refractivity contribution in [3.63, 3.8) is 0 Å². The third-order valence-electron chi connectivity index (χ3n) is 3.89. The number of rotatable bonds is 3. The molecule has 0 aliphatic carbocycles. The van der Waals surface area contributed by atoms with Crippen molar-refractivity contribution in [1.82, 2.24) is 5.32 Å². The molecule has 2 atom stereocenters. The summed E-state index contributed by atoms with van der Waals surface area (Å²) in [6, 6.07) is 5.18. The van der Waals surface area contributed by atoms with Gasteiger partial charge in [-0.3, -0.25) is 0 Å². The predicted octanol–water partition coefficient (Wildman–Crippen LogP) is 3.38. The normalized spacial score (nSPS) is 20.6. The highest BCUT2D eigenvalue weighted by Crippen LogP contribution is 2.32. The summed E-state index contributed by atoms with van der Waals surface area (Å²) in [6.45, 7) is 3.89. The van der Waals surface area contributed by atoms with Crippen molar-refractivity contribution in [2.75, 3.05) is 18.4 Å². The van der Waals surface area contributed by atoms with Gasteiger partial charge in [-0.1, -0.05) is 0 Å². The van der Waals surface area contributed by atoms with Crippen molar-refractivity contribution < 1.29 is 13.2 Å². The van der Waals surface area contributed by atoms with Gasteiger partial charge in [0.05, 0.1) is 16.8 Å². The number of piperidine rings is 1. The van der Waals surface area contributed by atoms with Crippen molar-refractivity contribution >= 4 is 5.69 Å². The van der Waals surface area contributed by atoms with E-state index in [0.717, 1.165) is 38.1 Å². The van der Waals surface area contributed by atoms with Crippen LogP contribution in [0, 0.1) is 17.2 Å². The van der Waals surface area contributed by atoms with E-state index in [1.54, 1.807) is 0 Å². The molecule has 0 bridgehead atoms. The average Bonchev–Trinajstić information content (AvgIpc) is 2.47. The van der Waals surface area contributed by atoms with Crippen LogP contribution in [0.25, 0.3) is 0 Å². The molecule has 21 heavy (non-hydrogen) atoms. The Bertz CT molecular complexity index is 528. The Labute approximate surface area is 122 Å². The molecule has 1 aromatic carbocycles. The summed E-state index contributed by atoms with van der Waals surface area (Å²) in [5.41, 5.74) is -0.305. The second-order valence-electron chi connectivity index (χ2n) is 5.41. The Morgan fingerprint density at radius 2 is 2.19 bits per heavy atom. The smallest absolute Gasteiger partial charge is 0.381 e. The van der Waals surface area contributed by atoms with Gasteiger partial charge in [-0.25, -0.2) is 0 Å². The average molecular weight is 297 g/mol. The number of halogens is 3. The zero-order valence-electron chi connectivity index (χ0n) is 11.8. The van der Waals surface area contributed by atoms with Gasteiger partial charge in [0.25, 0.3) is 0 Å². The van der Waals surface area contributed by atoms with E-state index >= 15 is 0 Å². The van der Waals surface area contributed by atoms with Crippen LogP contribution in [-0.2, 0) is 6.18 Å². The second-order valence-corrected chi connectivity index (χ2v) is 5.41. The molecule has 114 valence electrons. The largest absolute Gasteiger partial charge is 0.416 e. The van der Waals surface area contributed by atoms with E-state index < -0.39 is 11.7 Å². The lowest BCUT2D eigenvalue weighted by molar-refractivity contribution is -0.137. The number of hydrogen-bond donors (Lipinski definition) is 2. The van der Waals surface area contributed by atoms with Crippen LogP contribution < -0.4 is 10.6 Å². The molecule has 0 aromatic heterocycles. The van der Waals surface area contributed by atoms with Gasteiger partial charge in [0, 0.05) is 6.04 Å². The highest BCUT2D eigenvalue weighted by atomic mass is 19.4. The topological polar surface area (TPSA) is 47.9 Å². The van der Waals surface area contributed by atoms with Crippen molar-refractivity contribution in [1.29, 1.82) is 5.26 Å². The summed E-state index contributed by atoms with van der Waals surface area (Å²) < 4.78 is 38.0. The molecule has 1 aromatic rings. The van der Waals surface area contributed by atoms with Gasteiger partial charge in [-0.05, 0) is 57.0 Å². The zero-order chi connectivity index (χ0) is 15.5. The molecule has 2 N–H and O–H groups in total. The minimum Gasteiger partial charge on any atom is -0.381 e. The molecular weight excluding hydrogens is 279 g/mol. The molecule has 6 heteroatoms. The van der Waals surface area contributed by atoms with Crippen LogP contribution in [0.1, 0.15) is 30.9 Å². The summed E-state index contributed by atoms with van der Waals surface area (Å²) >= 11 is 0. The SMILES string of the molecule is CC(Nc1ccc(C(F)(F)F)cc1C#N)C1CCCNC1. The summed E-state index contributed by atoms with van der Waals surface area (Å²) in [5, 5.41) is 15.5. The van der Waals surface area contributed by atoms with E-state index in [0.29, 0.717) is 11.6 Å². The maximum atomic E-state index is 12.7. The van der Waals surface area contributed by atoms with Crippen LogP contribution in [-0.4, -0.2) is 19.1 Å². The first-order valence-corrected chi connectivity index (χ1v) is 7.00. The highest BCUT2D eigenvalue weighted by molar-refractivity contribution is 5.59. The number of nitrogens with zero attached hydrogens (tertiary/aromatic N) is 1. The molecule has 2 rings (SSSR count). The number of nitriles is 1. The molecule has 1 fully saturated rings. The molecule has 3 nitrogen and oxygen atoms in total. The van der Waals surface area contributed by atoms with E-state index in [2.05, 4.69) is 10.6 Å². The van der Waals surface area contributed by atoms with Crippen molar-refractivity contribution in [2.45, 2.75) is 32.0 Å². The maximum Gasteiger partial charge on any atom is 0.416 e. The molecule has 0 spiro atoms.